The average Bonchev–Trinajstić information content (AvgIpc) is 2.94. The van der Waals surface area contributed by atoms with Crippen molar-refractivity contribution in [2.75, 3.05) is 37.6 Å². The molecule has 1 aliphatic carbocycles. The molecule has 1 aromatic rings. The lowest BCUT2D eigenvalue weighted by atomic mass is 9.81. The molecule has 138 valence electrons. The van der Waals surface area contributed by atoms with Crippen molar-refractivity contribution in [3.8, 4) is 0 Å². The Bertz CT molecular complexity index is 676. The largest absolute Gasteiger partial charge is 0.353 e. The van der Waals surface area contributed by atoms with E-state index in [1.807, 2.05) is 18.2 Å². The fourth-order valence-corrected chi connectivity index (χ4v) is 4.35. The predicted octanol–water partition coefficient (Wildman–Crippen LogP) is 0.905. The predicted molar refractivity (Wildman–Crippen MR) is 95.2 cm³/mol. The van der Waals surface area contributed by atoms with Crippen molar-refractivity contribution in [3.63, 3.8) is 0 Å². The van der Waals surface area contributed by atoms with Crippen LogP contribution in [0.3, 0.4) is 0 Å². The molecule has 7 heteroatoms. The Hall–Kier alpha value is -2.44. The van der Waals surface area contributed by atoms with E-state index in [1.54, 1.807) is 11.1 Å². The number of rotatable bonds is 3. The molecule has 26 heavy (non-hydrogen) atoms. The first-order valence-electron chi connectivity index (χ1n) is 9.44. The minimum atomic E-state index is -0.190. The summed E-state index contributed by atoms with van der Waals surface area (Å²) < 4.78 is 0. The molecular formula is C19H24N4O3. The van der Waals surface area contributed by atoms with E-state index in [0.29, 0.717) is 26.2 Å². The number of imide groups is 1. The zero-order valence-corrected chi connectivity index (χ0v) is 14.8. The van der Waals surface area contributed by atoms with Gasteiger partial charge in [-0.3, -0.25) is 19.3 Å². The first-order valence-corrected chi connectivity index (χ1v) is 9.44. The number of carbonyl (C=O) groups excluding carboxylic acids is 3. The van der Waals surface area contributed by atoms with Gasteiger partial charge in [0.2, 0.25) is 17.7 Å². The normalized spacial score (nSPS) is 26.2. The maximum atomic E-state index is 12.6. The summed E-state index contributed by atoms with van der Waals surface area (Å²) >= 11 is 0. The number of amides is 3. The molecule has 2 saturated heterocycles. The minimum Gasteiger partial charge on any atom is -0.353 e. The number of aromatic nitrogens is 1. The van der Waals surface area contributed by atoms with Gasteiger partial charge in [0.15, 0.2) is 0 Å². The van der Waals surface area contributed by atoms with Crippen molar-refractivity contribution >= 4 is 23.5 Å². The van der Waals surface area contributed by atoms with E-state index in [4.69, 9.17) is 0 Å². The van der Waals surface area contributed by atoms with Crippen LogP contribution >= 0.6 is 0 Å². The summed E-state index contributed by atoms with van der Waals surface area (Å²) in [5.74, 6) is 0.120. The highest BCUT2D eigenvalue weighted by Gasteiger charge is 2.48. The Morgan fingerprint density at radius 1 is 1.00 bits per heavy atom. The third-order valence-electron chi connectivity index (χ3n) is 5.83. The molecule has 3 amide bonds. The van der Waals surface area contributed by atoms with Gasteiger partial charge in [-0.2, -0.15) is 0 Å². The number of likely N-dealkylation sites (tertiary alicyclic amines) is 1. The van der Waals surface area contributed by atoms with Crippen LogP contribution in [0, 0.1) is 11.8 Å². The summed E-state index contributed by atoms with van der Waals surface area (Å²) in [6.07, 6.45) is 5.32. The summed E-state index contributed by atoms with van der Waals surface area (Å²) in [5, 5.41) is 0. The van der Waals surface area contributed by atoms with Crippen LogP contribution in [0.4, 0.5) is 5.82 Å². The highest BCUT2D eigenvalue weighted by molar-refractivity contribution is 6.07. The second-order valence-corrected chi connectivity index (χ2v) is 7.32. The van der Waals surface area contributed by atoms with Gasteiger partial charge in [0.05, 0.1) is 11.8 Å². The standard InChI is InChI=1S/C19H24N4O3/c24-17(13-23-18(25)14-5-1-2-6-15(14)19(23)26)22-11-9-21(10-12-22)16-7-3-4-8-20-16/h3-4,7-8,14-15H,1-2,5-6,9-13H2. The Morgan fingerprint density at radius 2 is 1.65 bits per heavy atom. The van der Waals surface area contributed by atoms with E-state index in [9.17, 15) is 14.4 Å². The number of hydrogen-bond donors (Lipinski definition) is 0. The SMILES string of the molecule is O=C(CN1C(=O)C2CCCCC2C1=O)N1CCN(c2ccccn2)CC1. The van der Waals surface area contributed by atoms with E-state index in [0.717, 1.165) is 31.5 Å². The molecule has 3 aliphatic rings. The van der Waals surface area contributed by atoms with Crippen molar-refractivity contribution in [1.82, 2.24) is 14.8 Å². The zero-order chi connectivity index (χ0) is 18.1. The Labute approximate surface area is 153 Å². The van der Waals surface area contributed by atoms with E-state index >= 15 is 0 Å². The molecular weight excluding hydrogens is 332 g/mol. The maximum Gasteiger partial charge on any atom is 0.242 e. The van der Waals surface area contributed by atoms with Crippen molar-refractivity contribution in [1.29, 1.82) is 0 Å². The maximum absolute atomic E-state index is 12.6. The monoisotopic (exact) mass is 356 g/mol. The molecule has 1 aromatic heterocycles. The fraction of sp³-hybridized carbons (Fsp3) is 0.579. The molecule has 0 bridgehead atoms. The molecule has 0 N–H and O–H groups in total. The van der Waals surface area contributed by atoms with Crippen LogP contribution in [0.15, 0.2) is 24.4 Å². The van der Waals surface area contributed by atoms with Gasteiger partial charge in [-0.05, 0) is 25.0 Å². The average molecular weight is 356 g/mol. The van der Waals surface area contributed by atoms with Crippen molar-refractivity contribution in [2.24, 2.45) is 11.8 Å². The Kier molecular flexibility index (Phi) is 4.61. The number of pyridine rings is 1. The van der Waals surface area contributed by atoms with Gasteiger partial charge in [-0.15, -0.1) is 0 Å². The first-order chi connectivity index (χ1) is 12.6. The number of fused-ring (bicyclic) bond motifs is 1. The molecule has 3 fully saturated rings. The van der Waals surface area contributed by atoms with Crippen LogP contribution in [-0.2, 0) is 14.4 Å². The van der Waals surface area contributed by atoms with Gasteiger partial charge >= 0.3 is 0 Å². The molecule has 0 radical (unpaired) electrons. The fourth-order valence-electron chi connectivity index (χ4n) is 4.35. The van der Waals surface area contributed by atoms with Gasteiger partial charge in [0, 0.05) is 32.4 Å². The summed E-state index contributed by atoms with van der Waals surface area (Å²) in [5.41, 5.74) is 0. The molecule has 2 atom stereocenters. The van der Waals surface area contributed by atoms with E-state index in [1.165, 1.54) is 4.90 Å². The molecule has 3 heterocycles. The summed E-state index contributed by atoms with van der Waals surface area (Å²) in [4.78, 5) is 47.1. The first kappa shape index (κ1) is 17.0. The second kappa shape index (κ2) is 7.05. The lowest BCUT2D eigenvalue weighted by molar-refractivity contribution is -0.146. The molecule has 7 nitrogen and oxygen atoms in total. The van der Waals surface area contributed by atoms with Gasteiger partial charge < -0.3 is 9.80 Å². The zero-order valence-electron chi connectivity index (χ0n) is 14.8. The summed E-state index contributed by atoms with van der Waals surface area (Å²) in [7, 11) is 0. The van der Waals surface area contributed by atoms with Crippen molar-refractivity contribution in [3.05, 3.63) is 24.4 Å². The van der Waals surface area contributed by atoms with Crippen LogP contribution in [0.1, 0.15) is 25.7 Å². The van der Waals surface area contributed by atoms with Gasteiger partial charge in [0.1, 0.15) is 12.4 Å². The Balaban J connectivity index is 1.34. The topological polar surface area (TPSA) is 73.8 Å². The highest BCUT2D eigenvalue weighted by atomic mass is 16.2. The highest BCUT2D eigenvalue weighted by Crippen LogP contribution is 2.37. The lowest BCUT2D eigenvalue weighted by Crippen LogP contribution is -2.52. The van der Waals surface area contributed by atoms with Crippen molar-refractivity contribution in [2.45, 2.75) is 25.7 Å². The molecule has 0 aromatic carbocycles. The summed E-state index contributed by atoms with van der Waals surface area (Å²) in [6, 6.07) is 5.79. The number of hydrogen-bond acceptors (Lipinski definition) is 5. The quantitative estimate of drug-likeness (QED) is 0.753. The van der Waals surface area contributed by atoms with Crippen LogP contribution in [0.2, 0.25) is 0 Å². The third-order valence-corrected chi connectivity index (χ3v) is 5.83. The number of piperazine rings is 1. The van der Waals surface area contributed by atoms with Gasteiger partial charge in [-0.1, -0.05) is 18.9 Å². The molecule has 2 aliphatic heterocycles. The van der Waals surface area contributed by atoms with E-state index < -0.39 is 0 Å². The lowest BCUT2D eigenvalue weighted by Gasteiger charge is -2.35. The smallest absolute Gasteiger partial charge is 0.242 e. The van der Waals surface area contributed by atoms with Crippen LogP contribution in [-0.4, -0.2) is 65.2 Å². The number of carbonyl (C=O) groups is 3. The van der Waals surface area contributed by atoms with Crippen LogP contribution < -0.4 is 4.90 Å². The van der Waals surface area contributed by atoms with Gasteiger partial charge in [-0.25, -0.2) is 4.98 Å². The molecule has 2 unspecified atom stereocenters. The number of anilines is 1. The number of nitrogens with zero attached hydrogens (tertiary/aromatic N) is 4. The van der Waals surface area contributed by atoms with Crippen LogP contribution in [0.25, 0.3) is 0 Å². The van der Waals surface area contributed by atoms with E-state index in [-0.39, 0.29) is 36.1 Å². The summed E-state index contributed by atoms with van der Waals surface area (Å²) in [6.45, 7) is 2.47. The van der Waals surface area contributed by atoms with Crippen molar-refractivity contribution < 1.29 is 14.4 Å². The molecule has 4 rings (SSSR count). The van der Waals surface area contributed by atoms with Gasteiger partial charge in [0.25, 0.3) is 0 Å². The Morgan fingerprint density at radius 3 is 2.23 bits per heavy atom. The second-order valence-electron chi connectivity index (χ2n) is 7.32. The third kappa shape index (κ3) is 3.06. The van der Waals surface area contributed by atoms with E-state index in [2.05, 4.69) is 9.88 Å². The molecule has 0 spiro atoms. The van der Waals surface area contributed by atoms with Crippen LogP contribution in [0.5, 0.6) is 0 Å². The molecule has 1 saturated carbocycles. The minimum absolute atomic E-state index is 0.103.